The minimum Gasteiger partial charge on any atom is -0.497 e. The van der Waals surface area contributed by atoms with Crippen LogP contribution in [0.5, 0.6) is 11.5 Å². The highest BCUT2D eigenvalue weighted by molar-refractivity contribution is 8.00. The van der Waals surface area contributed by atoms with E-state index in [2.05, 4.69) is 10.2 Å². The third-order valence-electron chi connectivity index (χ3n) is 4.53. The smallest absolute Gasteiger partial charge is 0.310 e. The van der Waals surface area contributed by atoms with Gasteiger partial charge in [0.25, 0.3) is 0 Å². The molecule has 0 aliphatic carbocycles. The molecular formula is C23H21N3O4S2. The van der Waals surface area contributed by atoms with Gasteiger partial charge in [-0.2, -0.15) is 8.42 Å². The predicted molar refractivity (Wildman–Crippen MR) is 125 cm³/mol. The van der Waals surface area contributed by atoms with Gasteiger partial charge in [-0.05, 0) is 48.5 Å². The van der Waals surface area contributed by atoms with Gasteiger partial charge in [0.2, 0.25) is 0 Å². The molecule has 32 heavy (non-hydrogen) atoms. The zero-order valence-corrected chi connectivity index (χ0v) is 18.9. The standard InChI is InChI=1S/C23H21N3O4S2/c1-29-20-14-12-18(13-15-20)22-24-25-23(26(22)19-8-4-2-5-9-19)31-16-17-32(27,28)30-21-10-6-3-7-11-21/h2-15H,16-17H2,1H3. The molecule has 164 valence electrons. The SMILES string of the molecule is COc1ccc(-c2nnc(SCCS(=O)(=O)Oc3ccccc3)n2-c2ccccc2)cc1. The number of thioether (sulfide) groups is 1. The first-order chi connectivity index (χ1) is 15.6. The highest BCUT2D eigenvalue weighted by atomic mass is 32.2. The van der Waals surface area contributed by atoms with E-state index in [1.54, 1.807) is 37.4 Å². The lowest BCUT2D eigenvalue weighted by Gasteiger charge is -2.11. The third-order valence-corrected chi connectivity index (χ3v) is 6.87. The monoisotopic (exact) mass is 467 g/mol. The van der Waals surface area contributed by atoms with Crippen LogP contribution in [0.25, 0.3) is 17.1 Å². The summed E-state index contributed by atoms with van der Waals surface area (Å²) in [5, 5.41) is 9.29. The largest absolute Gasteiger partial charge is 0.497 e. The molecule has 4 aromatic rings. The van der Waals surface area contributed by atoms with Gasteiger partial charge in [0, 0.05) is 17.0 Å². The number of para-hydroxylation sites is 2. The number of ether oxygens (including phenoxy) is 1. The highest BCUT2D eigenvalue weighted by Crippen LogP contribution is 2.29. The number of rotatable bonds is 9. The van der Waals surface area contributed by atoms with Crippen molar-refractivity contribution in [3.05, 3.63) is 84.9 Å². The number of aromatic nitrogens is 3. The molecule has 0 fully saturated rings. The summed E-state index contributed by atoms with van der Waals surface area (Å²) in [6.45, 7) is 0. The molecule has 0 spiro atoms. The molecule has 1 heterocycles. The van der Waals surface area contributed by atoms with Crippen molar-refractivity contribution >= 4 is 21.9 Å². The maximum Gasteiger partial charge on any atom is 0.310 e. The minimum atomic E-state index is -3.73. The second-order valence-electron chi connectivity index (χ2n) is 6.71. The van der Waals surface area contributed by atoms with Gasteiger partial charge in [-0.1, -0.05) is 48.2 Å². The fourth-order valence-electron chi connectivity index (χ4n) is 3.00. The number of methoxy groups -OCH3 is 1. The Labute approximate surface area is 191 Å². The van der Waals surface area contributed by atoms with E-state index in [0.29, 0.717) is 16.7 Å². The summed E-state index contributed by atoms with van der Waals surface area (Å²) in [6, 6.07) is 25.7. The van der Waals surface area contributed by atoms with Crippen molar-refractivity contribution in [1.82, 2.24) is 14.8 Å². The lowest BCUT2D eigenvalue weighted by atomic mass is 10.2. The van der Waals surface area contributed by atoms with E-state index in [1.165, 1.54) is 11.8 Å². The first-order valence-electron chi connectivity index (χ1n) is 9.81. The van der Waals surface area contributed by atoms with Crippen LogP contribution in [0.3, 0.4) is 0 Å². The van der Waals surface area contributed by atoms with Crippen LogP contribution in [0.1, 0.15) is 0 Å². The first-order valence-corrected chi connectivity index (χ1v) is 12.4. The molecule has 0 bridgehead atoms. The van der Waals surface area contributed by atoms with Gasteiger partial charge in [-0.3, -0.25) is 4.57 Å². The molecule has 0 aliphatic rings. The Hall–Kier alpha value is -3.30. The van der Waals surface area contributed by atoms with Gasteiger partial charge >= 0.3 is 10.1 Å². The van der Waals surface area contributed by atoms with E-state index >= 15 is 0 Å². The van der Waals surface area contributed by atoms with E-state index in [0.717, 1.165) is 17.0 Å². The summed E-state index contributed by atoms with van der Waals surface area (Å²) in [7, 11) is -2.11. The fourth-order valence-corrected chi connectivity index (χ4v) is 5.24. The lowest BCUT2D eigenvalue weighted by Crippen LogP contribution is -2.15. The van der Waals surface area contributed by atoms with E-state index in [-0.39, 0.29) is 11.5 Å². The Morgan fingerprint density at radius 1 is 0.844 bits per heavy atom. The van der Waals surface area contributed by atoms with Crippen molar-refractivity contribution < 1.29 is 17.3 Å². The Balaban J connectivity index is 1.55. The van der Waals surface area contributed by atoms with Gasteiger partial charge in [0.1, 0.15) is 11.5 Å². The molecule has 7 nitrogen and oxygen atoms in total. The normalized spacial score (nSPS) is 11.3. The number of hydrogen-bond donors (Lipinski definition) is 0. The molecule has 0 saturated heterocycles. The van der Waals surface area contributed by atoms with E-state index in [9.17, 15) is 8.42 Å². The molecule has 4 rings (SSSR count). The molecule has 0 N–H and O–H groups in total. The fraction of sp³-hybridized carbons (Fsp3) is 0.130. The lowest BCUT2D eigenvalue weighted by molar-refractivity contribution is 0.415. The summed E-state index contributed by atoms with van der Waals surface area (Å²) >= 11 is 1.31. The van der Waals surface area contributed by atoms with E-state index in [4.69, 9.17) is 8.92 Å². The Morgan fingerprint density at radius 3 is 2.16 bits per heavy atom. The van der Waals surface area contributed by atoms with E-state index in [1.807, 2.05) is 59.2 Å². The number of hydrogen-bond acceptors (Lipinski definition) is 7. The third kappa shape index (κ3) is 5.30. The average molecular weight is 468 g/mol. The van der Waals surface area contributed by atoms with Crippen molar-refractivity contribution in [1.29, 1.82) is 0 Å². The van der Waals surface area contributed by atoms with Crippen LogP contribution < -0.4 is 8.92 Å². The van der Waals surface area contributed by atoms with Crippen molar-refractivity contribution in [2.75, 3.05) is 18.6 Å². The molecule has 0 amide bonds. The zero-order valence-electron chi connectivity index (χ0n) is 17.3. The maximum absolute atomic E-state index is 12.3. The van der Waals surface area contributed by atoms with Crippen molar-refractivity contribution in [2.45, 2.75) is 5.16 Å². The Kier molecular flexibility index (Phi) is 6.77. The molecule has 0 unspecified atom stereocenters. The molecular weight excluding hydrogens is 446 g/mol. The summed E-state index contributed by atoms with van der Waals surface area (Å²) in [6.07, 6.45) is 0. The van der Waals surface area contributed by atoms with Crippen molar-refractivity contribution in [2.24, 2.45) is 0 Å². The van der Waals surface area contributed by atoms with Crippen LogP contribution in [0.4, 0.5) is 0 Å². The van der Waals surface area contributed by atoms with Gasteiger partial charge in [-0.25, -0.2) is 0 Å². The minimum absolute atomic E-state index is 0.161. The van der Waals surface area contributed by atoms with Crippen molar-refractivity contribution in [3.63, 3.8) is 0 Å². The van der Waals surface area contributed by atoms with Crippen LogP contribution in [-0.2, 0) is 10.1 Å². The average Bonchev–Trinajstić information content (AvgIpc) is 3.24. The van der Waals surface area contributed by atoms with Gasteiger partial charge in [-0.15, -0.1) is 10.2 Å². The van der Waals surface area contributed by atoms with E-state index < -0.39 is 10.1 Å². The summed E-state index contributed by atoms with van der Waals surface area (Å²) in [4.78, 5) is 0. The molecule has 1 aromatic heterocycles. The van der Waals surface area contributed by atoms with Gasteiger partial charge < -0.3 is 8.92 Å². The van der Waals surface area contributed by atoms with Crippen LogP contribution >= 0.6 is 11.8 Å². The second-order valence-corrected chi connectivity index (χ2v) is 9.46. The second kappa shape index (κ2) is 9.88. The van der Waals surface area contributed by atoms with Gasteiger partial charge in [0.15, 0.2) is 11.0 Å². The predicted octanol–water partition coefficient (Wildman–Crippen LogP) is 4.44. The topological polar surface area (TPSA) is 83.3 Å². The Morgan fingerprint density at radius 2 is 1.50 bits per heavy atom. The molecule has 0 atom stereocenters. The Bertz CT molecular complexity index is 1260. The first kappa shape index (κ1) is 21.9. The molecule has 3 aromatic carbocycles. The van der Waals surface area contributed by atoms with Crippen LogP contribution in [-0.4, -0.2) is 41.8 Å². The number of benzene rings is 3. The number of nitrogens with zero attached hydrogens (tertiary/aromatic N) is 3. The molecule has 0 aliphatic heterocycles. The van der Waals surface area contributed by atoms with Crippen LogP contribution in [0, 0.1) is 0 Å². The quantitative estimate of drug-likeness (QED) is 0.266. The molecule has 0 saturated carbocycles. The molecule has 0 radical (unpaired) electrons. The van der Waals surface area contributed by atoms with Crippen LogP contribution in [0.15, 0.2) is 90.1 Å². The zero-order chi connectivity index (χ0) is 22.4. The van der Waals surface area contributed by atoms with Crippen molar-refractivity contribution in [3.8, 4) is 28.6 Å². The van der Waals surface area contributed by atoms with Crippen LogP contribution in [0.2, 0.25) is 0 Å². The summed E-state index contributed by atoms with van der Waals surface area (Å²) in [5.74, 6) is 1.81. The maximum atomic E-state index is 12.3. The summed E-state index contributed by atoms with van der Waals surface area (Å²) < 4.78 is 37.0. The summed E-state index contributed by atoms with van der Waals surface area (Å²) in [5.41, 5.74) is 1.75. The van der Waals surface area contributed by atoms with Gasteiger partial charge in [0.05, 0.1) is 12.9 Å². The highest BCUT2D eigenvalue weighted by Gasteiger charge is 2.18. The molecule has 9 heteroatoms.